The van der Waals surface area contributed by atoms with E-state index in [2.05, 4.69) is 20.8 Å². The van der Waals surface area contributed by atoms with Gasteiger partial charge in [0.05, 0.1) is 16.5 Å². The largest absolute Gasteiger partial charge is 0.324 e. The first-order valence-corrected chi connectivity index (χ1v) is 9.28. The van der Waals surface area contributed by atoms with Crippen LogP contribution in [0, 0.1) is 5.92 Å². The molecule has 0 radical (unpaired) electrons. The molecular weight excluding hydrogens is 383 g/mol. The van der Waals surface area contributed by atoms with Crippen LogP contribution in [-0.4, -0.2) is 27.8 Å². The molecule has 25 heavy (non-hydrogen) atoms. The smallest absolute Gasteiger partial charge is 0.234 e. The van der Waals surface area contributed by atoms with Gasteiger partial charge < -0.3 is 10.6 Å². The van der Waals surface area contributed by atoms with Gasteiger partial charge in [-0.25, -0.2) is 0 Å². The van der Waals surface area contributed by atoms with Gasteiger partial charge in [0.2, 0.25) is 11.8 Å². The third-order valence-electron chi connectivity index (χ3n) is 3.39. The average molecular weight is 397 g/mol. The molecule has 0 saturated heterocycles. The van der Waals surface area contributed by atoms with E-state index in [4.69, 9.17) is 23.2 Å². The van der Waals surface area contributed by atoms with E-state index >= 15 is 0 Å². The quantitative estimate of drug-likeness (QED) is 0.724. The molecule has 1 heterocycles. The summed E-state index contributed by atoms with van der Waals surface area (Å²) in [5.74, 6) is 0.412. The van der Waals surface area contributed by atoms with Crippen molar-refractivity contribution in [3.05, 3.63) is 40.4 Å². The maximum Gasteiger partial charge on any atom is 0.234 e. The molecule has 2 aromatic rings. The fourth-order valence-corrected chi connectivity index (χ4v) is 2.91. The van der Waals surface area contributed by atoms with Gasteiger partial charge >= 0.3 is 0 Å². The van der Waals surface area contributed by atoms with Crippen molar-refractivity contribution in [2.45, 2.75) is 17.9 Å². The number of carbonyl (C=O) groups excluding carboxylic acids is 2. The summed E-state index contributed by atoms with van der Waals surface area (Å²) in [6, 6.07) is 8.23. The van der Waals surface area contributed by atoms with Crippen molar-refractivity contribution in [3.63, 3.8) is 0 Å². The van der Waals surface area contributed by atoms with Crippen LogP contribution < -0.4 is 10.6 Å². The van der Waals surface area contributed by atoms with Crippen molar-refractivity contribution in [2.75, 3.05) is 16.4 Å². The Labute approximate surface area is 158 Å². The SMILES string of the molecule is O=C(CSc1ccc(NC(=O)C2CC2)nn1)Nc1cc(Cl)ccc1Cl. The van der Waals surface area contributed by atoms with Gasteiger partial charge in [-0.3, -0.25) is 9.59 Å². The van der Waals surface area contributed by atoms with Crippen LogP contribution in [-0.2, 0) is 9.59 Å². The third-order valence-corrected chi connectivity index (χ3v) is 4.88. The minimum absolute atomic E-state index is 0.0209. The van der Waals surface area contributed by atoms with Crippen LogP contribution in [0.5, 0.6) is 0 Å². The molecule has 0 bridgehead atoms. The van der Waals surface area contributed by atoms with Crippen LogP contribution in [0.2, 0.25) is 10.0 Å². The zero-order chi connectivity index (χ0) is 17.8. The number of thioether (sulfide) groups is 1. The fourth-order valence-electron chi connectivity index (χ4n) is 1.96. The van der Waals surface area contributed by atoms with Crippen molar-refractivity contribution in [2.24, 2.45) is 5.92 Å². The summed E-state index contributed by atoms with van der Waals surface area (Å²) >= 11 is 13.1. The summed E-state index contributed by atoms with van der Waals surface area (Å²) in [6.45, 7) is 0. The Balaban J connectivity index is 1.49. The van der Waals surface area contributed by atoms with Crippen LogP contribution in [0.15, 0.2) is 35.4 Å². The molecule has 1 fully saturated rings. The molecule has 0 spiro atoms. The Bertz CT molecular complexity index is 797. The predicted molar refractivity (Wildman–Crippen MR) is 99.2 cm³/mol. The van der Waals surface area contributed by atoms with Crippen LogP contribution in [0.4, 0.5) is 11.5 Å². The molecule has 6 nitrogen and oxygen atoms in total. The Kier molecular flexibility index (Phi) is 5.78. The number of nitrogens with zero attached hydrogens (tertiary/aromatic N) is 2. The number of hydrogen-bond donors (Lipinski definition) is 2. The molecule has 0 atom stereocenters. The highest BCUT2D eigenvalue weighted by Gasteiger charge is 2.29. The number of benzene rings is 1. The zero-order valence-corrected chi connectivity index (χ0v) is 15.3. The van der Waals surface area contributed by atoms with Crippen molar-refractivity contribution >= 4 is 58.3 Å². The number of anilines is 2. The molecule has 1 aromatic carbocycles. The predicted octanol–water partition coefficient (Wildman–Crippen LogP) is 3.86. The van der Waals surface area contributed by atoms with Gasteiger partial charge in [0, 0.05) is 10.9 Å². The monoisotopic (exact) mass is 396 g/mol. The number of carbonyl (C=O) groups is 2. The fraction of sp³-hybridized carbons (Fsp3) is 0.250. The molecule has 130 valence electrons. The highest BCUT2D eigenvalue weighted by atomic mass is 35.5. The highest BCUT2D eigenvalue weighted by molar-refractivity contribution is 7.99. The average Bonchev–Trinajstić information content (AvgIpc) is 3.43. The maximum atomic E-state index is 12.0. The lowest BCUT2D eigenvalue weighted by Crippen LogP contribution is -2.15. The minimum atomic E-state index is -0.234. The Hall–Kier alpha value is -1.83. The Morgan fingerprint density at radius 1 is 1.12 bits per heavy atom. The van der Waals surface area contributed by atoms with Crippen LogP contribution in [0.1, 0.15) is 12.8 Å². The number of amides is 2. The van der Waals surface area contributed by atoms with E-state index in [1.165, 1.54) is 11.8 Å². The van der Waals surface area contributed by atoms with E-state index < -0.39 is 0 Å². The van der Waals surface area contributed by atoms with E-state index in [9.17, 15) is 9.59 Å². The molecular formula is C16H14Cl2N4O2S. The summed E-state index contributed by atoms with van der Waals surface area (Å²) in [5.41, 5.74) is 0.462. The normalized spacial score (nSPS) is 13.4. The second kappa shape index (κ2) is 8.03. The lowest BCUT2D eigenvalue weighted by Gasteiger charge is -2.07. The molecule has 1 aromatic heterocycles. The summed E-state index contributed by atoms with van der Waals surface area (Å²) in [6.07, 6.45) is 1.86. The van der Waals surface area contributed by atoms with E-state index in [-0.39, 0.29) is 23.5 Å². The van der Waals surface area contributed by atoms with E-state index in [1.807, 2.05) is 0 Å². The molecule has 3 rings (SSSR count). The standard InChI is InChI=1S/C16H14Cl2N4O2S/c17-10-3-4-11(18)12(7-10)19-14(23)8-25-15-6-5-13(21-22-15)20-16(24)9-1-2-9/h3-7,9H,1-2,8H2,(H,19,23)(H,20,21,24). The lowest BCUT2D eigenvalue weighted by atomic mass is 10.3. The Morgan fingerprint density at radius 2 is 1.92 bits per heavy atom. The molecule has 1 saturated carbocycles. The van der Waals surface area contributed by atoms with E-state index in [0.29, 0.717) is 26.6 Å². The van der Waals surface area contributed by atoms with Gasteiger partial charge in [0.15, 0.2) is 5.82 Å². The van der Waals surface area contributed by atoms with Crippen LogP contribution >= 0.6 is 35.0 Å². The van der Waals surface area contributed by atoms with Crippen molar-refractivity contribution in [1.82, 2.24) is 10.2 Å². The topological polar surface area (TPSA) is 84.0 Å². The number of rotatable bonds is 6. The van der Waals surface area contributed by atoms with Gasteiger partial charge in [-0.15, -0.1) is 10.2 Å². The van der Waals surface area contributed by atoms with Gasteiger partial charge in [0.25, 0.3) is 0 Å². The summed E-state index contributed by atoms with van der Waals surface area (Å²) in [4.78, 5) is 23.6. The van der Waals surface area contributed by atoms with Gasteiger partial charge in [-0.2, -0.15) is 0 Å². The summed E-state index contributed by atoms with van der Waals surface area (Å²) in [5, 5.41) is 14.8. The van der Waals surface area contributed by atoms with Gasteiger partial charge in [-0.1, -0.05) is 35.0 Å². The van der Waals surface area contributed by atoms with Crippen LogP contribution in [0.25, 0.3) is 0 Å². The van der Waals surface area contributed by atoms with Crippen molar-refractivity contribution in [3.8, 4) is 0 Å². The third kappa shape index (κ3) is 5.32. The molecule has 0 unspecified atom stereocenters. The lowest BCUT2D eigenvalue weighted by molar-refractivity contribution is -0.117. The molecule has 2 N–H and O–H groups in total. The first-order chi connectivity index (χ1) is 12.0. The second-order valence-corrected chi connectivity index (χ2v) is 7.32. The molecule has 9 heteroatoms. The molecule has 1 aliphatic carbocycles. The zero-order valence-electron chi connectivity index (χ0n) is 13.0. The molecule has 1 aliphatic rings. The second-order valence-electron chi connectivity index (χ2n) is 5.48. The van der Waals surface area contributed by atoms with Gasteiger partial charge in [0.1, 0.15) is 5.03 Å². The van der Waals surface area contributed by atoms with Crippen molar-refractivity contribution in [1.29, 1.82) is 0 Å². The highest BCUT2D eigenvalue weighted by Crippen LogP contribution is 2.30. The van der Waals surface area contributed by atoms with E-state index in [1.54, 1.807) is 30.3 Å². The number of hydrogen-bond acceptors (Lipinski definition) is 5. The maximum absolute atomic E-state index is 12.0. The Morgan fingerprint density at radius 3 is 2.60 bits per heavy atom. The summed E-state index contributed by atoms with van der Waals surface area (Å²) < 4.78 is 0. The van der Waals surface area contributed by atoms with Crippen LogP contribution in [0.3, 0.4) is 0 Å². The molecule has 0 aliphatic heterocycles. The van der Waals surface area contributed by atoms with Gasteiger partial charge in [-0.05, 0) is 43.2 Å². The van der Waals surface area contributed by atoms with E-state index in [0.717, 1.165) is 12.8 Å². The number of halogens is 2. The number of nitrogens with one attached hydrogen (secondary N) is 2. The minimum Gasteiger partial charge on any atom is -0.324 e. The summed E-state index contributed by atoms with van der Waals surface area (Å²) in [7, 11) is 0. The van der Waals surface area contributed by atoms with Crippen molar-refractivity contribution < 1.29 is 9.59 Å². The number of aromatic nitrogens is 2. The first-order valence-electron chi connectivity index (χ1n) is 7.53. The molecule has 2 amide bonds. The first kappa shape index (κ1) is 18.0.